The van der Waals surface area contributed by atoms with Crippen LogP contribution in [0.3, 0.4) is 0 Å². The molecule has 1 fully saturated rings. The highest BCUT2D eigenvalue weighted by Crippen LogP contribution is 2.30. The van der Waals surface area contributed by atoms with Crippen LogP contribution in [-0.2, 0) is 4.74 Å². The zero-order chi connectivity index (χ0) is 13.3. The van der Waals surface area contributed by atoms with Crippen molar-refractivity contribution < 1.29 is 13.5 Å². The standard InChI is InChI=1S/C10H10F2O.2C2H6/c11-7-3-4-8(9(12)6-7)10-2-1-5-13-10;2*1-2/h3-4,6,10H,1-2,5H2;2*1-2H3. The van der Waals surface area contributed by atoms with Gasteiger partial charge in [-0.25, -0.2) is 8.78 Å². The molecule has 2 rings (SSSR count). The number of halogens is 2. The van der Waals surface area contributed by atoms with Gasteiger partial charge in [0, 0.05) is 18.2 Å². The average Bonchev–Trinajstić information content (AvgIpc) is 2.88. The van der Waals surface area contributed by atoms with E-state index in [2.05, 4.69) is 0 Å². The number of ether oxygens (including phenoxy) is 1. The molecule has 0 aliphatic carbocycles. The van der Waals surface area contributed by atoms with Crippen molar-refractivity contribution in [3.63, 3.8) is 0 Å². The summed E-state index contributed by atoms with van der Waals surface area (Å²) in [6, 6.07) is 3.62. The van der Waals surface area contributed by atoms with Crippen molar-refractivity contribution in [1.29, 1.82) is 0 Å². The van der Waals surface area contributed by atoms with E-state index < -0.39 is 11.6 Å². The Labute approximate surface area is 103 Å². The molecule has 3 heteroatoms. The Kier molecular flexibility index (Phi) is 8.60. The minimum absolute atomic E-state index is 0.180. The summed E-state index contributed by atoms with van der Waals surface area (Å²) in [5, 5.41) is 0. The van der Waals surface area contributed by atoms with Crippen molar-refractivity contribution in [2.75, 3.05) is 6.61 Å². The zero-order valence-electron chi connectivity index (χ0n) is 11.1. The van der Waals surface area contributed by atoms with Gasteiger partial charge in [-0.3, -0.25) is 0 Å². The van der Waals surface area contributed by atoms with Crippen LogP contribution in [0, 0.1) is 11.6 Å². The van der Waals surface area contributed by atoms with Crippen LogP contribution in [0.25, 0.3) is 0 Å². The SMILES string of the molecule is CC.CC.Fc1ccc(C2CCCO2)c(F)c1. The summed E-state index contributed by atoms with van der Waals surface area (Å²) in [5.74, 6) is -1.05. The molecule has 1 unspecified atom stereocenters. The molecule has 1 aliphatic rings. The van der Waals surface area contributed by atoms with Gasteiger partial charge in [0.25, 0.3) is 0 Å². The summed E-state index contributed by atoms with van der Waals surface area (Å²) >= 11 is 0. The predicted molar refractivity (Wildman–Crippen MR) is 67.0 cm³/mol. The van der Waals surface area contributed by atoms with Crippen molar-refractivity contribution in [1.82, 2.24) is 0 Å². The topological polar surface area (TPSA) is 9.23 Å². The quantitative estimate of drug-likeness (QED) is 0.685. The van der Waals surface area contributed by atoms with E-state index in [1.165, 1.54) is 12.1 Å². The van der Waals surface area contributed by atoms with Gasteiger partial charge >= 0.3 is 0 Å². The number of rotatable bonds is 1. The van der Waals surface area contributed by atoms with Gasteiger partial charge in [0.15, 0.2) is 0 Å². The second kappa shape index (κ2) is 9.11. The normalized spacial score (nSPS) is 17.6. The van der Waals surface area contributed by atoms with Crippen LogP contribution < -0.4 is 0 Å². The van der Waals surface area contributed by atoms with Gasteiger partial charge in [-0.05, 0) is 18.9 Å². The van der Waals surface area contributed by atoms with Crippen LogP contribution in [0.15, 0.2) is 18.2 Å². The van der Waals surface area contributed by atoms with Crippen LogP contribution in [0.4, 0.5) is 8.78 Å². The zero-order valence-corrected chi connectivity index (χ0v) is 11.1. The molecule has 1 nitrogen and oxygen atoms in total. The van der Waals surface area contributed by atoms with Gasteiger partial charge in [-0.2, -0.15) is 0 Å². The second-order valence-electron chi connectivity index (χ2n) is 3.17. The molecule has 1 aromatic rings. The third kappa shape index (κ3) is 4.82. The Morgan fingerprint density at radius 2 is 1.76 bits per heavy atom. The maximum Gasteiger partial charge on any atom is 0.131 e. The van der Waals surface area contributed by atoms with E-state index in [9.17, 15) is 8.78 Å². The highest BCUT2D eigenvalue weighted by molar-refractivity contribution is 5.21. The second-order valence-corrected chi connectivity index (χ2v) is 3.17. The van der Waals surface area contributed by atoms with Crippen LogP contribution in [0.5, 0.6) is 0 Å². The molecule has 0 radical (unpaired) electrons. The molecule has 1 heterocycles. The Morgan fingerprint density at radius 3 is 2.24 bits per heavy atom. The summed E-state index contributed by atoms with van der Waals surface area (Å²) in [7, 11) is 0. The van der Waals surface area contributed by atoms with Crippen molar-refractivity contribution >= 4 is 0 Å². The summed E-state index contributed by atoms with van der Waals surface area (Å²) < 4.78 is 31.0. The number of hydrogen-bond acceptors (Lipinski definition) is 1. The molecule has 0 saturated carbocycles. The van der Waals surface area contributed by atoms with Gasteiger partial charge in [-0.1, -0.05) is 33.8 Å². The molecule has 0 aromatic heterocycles. The number of hydrogen-bond donors (Lipinski definition) is 0. The summed E-state index contributed by atoms with van der Waals surface area (Å²) in [4.78, 5) is 0. The van der Waals surface area contributed by atoms with Gasteiger partial charge in [0.2, 0.25) is 0 Å². The van der Waals surface area contributed by atoms with Crippen LogP contribution in [0.2, 0.25) is 0 Å². The van der Waals surface area contributed by atoms with Crippen molar-refractivity contribution in [2.45, 2.75) is 46.6 Å². The lowest BCUT2D eigenvalue weighted by molar-refractivity contribution is 0.109. The molecule has 0 amide bonds. The first-order valence-corrected chi connectivity index (χ1v) is 6.34. The van der Waals surface area contributed by atoms with Crippen molar-refractivity contribution in [3.05, 3.63) is 35.4 Å². The highest BCUT2D eigenvalue weighted by atomic mass is 19.1. The molecule has 1 aliphatic heterocycles. The largest absolute Gasteiger partial charge is 0.373 e. The first-order valence-electron chi connectivity index (χ1n) is 6.34. The fourth-order valence-electron chi connectivity index (χ4n) is 1.59. The Hall–Kier alpha value is -0.960. The van der Waals surface area contributed by atoms with Crippen LogP contribution in [0.1, 0.15) is 52.2 Å². The maximum absolute atomic E-state index is 13.2. The van der Waals surface area contributed by atoms with Gasteiger partial charge in [0.1, 0.15) is 11.6 Å². The van der Waals surface area contributed by atoms with E-state index in [4.69, 9.17) is 4.74 Å². The average molecular weight is 244 g/mol. The van der Waals surface area contributed by atoms with E-state index in [0.717, 1.165) is 18.9 Å². The minimum atomic E-state index is -0.542. The Morgan fingerprint density at radius 1 is 1.12 bits per heavy atom. The maximum atomic E-state index is 13.2. The third-order valence-electron chi connectivity index (χ3n) is 2.24. The molecule has 1 saturated heterocycles. The summed E-state index contributed by atoms with van der Waals surface area (Å²) in [6.45, 7) is 8.67. The van der Waals surface area contributed by atoms with Crippen molar-refractivity contribution in [2.24, 2.45) is 0 Å². The Bertz CT molecular complexity index is 307. The summed E-state index contributed by atoms with van der Waals surface area (Å²) in [6.07, 6.45) is 1.59. The molecule has 98 valence electrons. The van der Waals surface area contributed by atoms with E-state index in [0.29, 0.717) is 12.2 Å². The smallest absolute Gasteiger partial charge is 0.131 e. The molecule has 17 heavy (non-hydrogen) atoms. The molecular weight excluding hydrogens is 222 g/mol. The van der Waals surface area contributed by atoms with Crippen LogP contribution in [-0.4, -0.2) is 6.61 Å². The van der Waals surface area contributed by atoms with E-state index in [1.807, 2.05) is 27.7 Å². The van der Waals surface area contributed by atoms with Crippen molar-refractivity contribution in [3.8, 4) is 0 Å². The highest BCUT2D eigenvalue weighted by Gasteiger charge is 2.20. The lowest BCUT2D eigenvalue weighted by Gasteiger charge is -2.10. The lowest BCUT2D eigenvalue weighted by Crippen LogP contribution is -1.99. The molecule has 1 atom stereocenters. The number of benzene rings is 1. The molecule has 0 spiro atoms. The monoisotopic (exact) mass is 244 g/mol. The lowest BCUT2D eigenvalue weighted by atomic mass is 10.1. The third-order valence-corrected chi connectivity index (χ3v) is 2.24. The fourth-order valence-corrected chi connectivity index (χ4v) is 1.59. The first kappa shape index (κ1) is 16.0. The fraction of sp³-hybridized carbons (Fsp3) is 0.571. The van der Waals surface area contributed by atoms with Gasteiger partial charge in [0.05, 0.1) is 6.10 Å². The summed E-state index contributed by atoms with van der Waals surface area (Å²) in [5.41, 5.74) is 0.471. The Balaban J connectivity index is 0.000000581. The molecule has 0 N–H and O–H groups in total. The van der Waals surface area contributed by atoms with E-state index in [1.54, 1.807) is 0 Å². The molecular formula is C14H22F2O. The van der Waals surface area contributed by atoms with E-state index >= 15 is 0 Å². The molecule has 1 aromatic carbocycles. The van der Waals surface area contributed by atoms with Crippen LogP contribution >= 0.6 is 0 Å². The van der Waals surface area contributed by atoms with Gasteiger partial charge in [-0.15, -0.1) is 0 Å². The minimum Gasteiger partial charge on any atom is -0.373 e. The first-order chi connectivity index (χ1) is 8.27. The predicted octanol–water partition coefficient (Wildman–Crippen LogP) is 4.87. The molecule has 0 bridgehead atoms. The van der Waals surface area contributed by atoms with Gasteiger partial charge < -0.3 is 4.74 Å². The van der Waals surface area contributed by atoms with E-state index in [-0.39, 0.29) is 6.10 Å².